The number of aryl methyl sites for hydroxylation is 1. The van der Waals surface area contributed by atoms with Crippen molar-refractivity contribution >= 4 is 22.7 Å². The molecule has 1 heterocycles. The maximum absolute atomic E-state index is 12.8. The monoisotopic (exact) mass is 333 g/mol. The van der Waals surface area contributed by atoms with Gasteiger partial charge in [-0.05, 0) is 37.1 Å². The van der Waals surface area contributed by atoms with Gasteiger partial charge in [0.05, 0.1) is 12.1 Å². The summed E-state index contributed by atoms with van der Waals surface area (Å²) in [6.07, 6.45) is 1.10. The van der Waals surface area contributed by atoms with Gasteiger partial charge in [0.2, 0.25) is 0 Å². The molecule has 0 aliphatic heterocycles. The average molecular weight is 333 g/mol. The Morgan fingerprint density at radius 3 is 2.65 bits per heavy atom. The van der Waals surface area contributed by atoms with Crippen LogP contribution in [0.5, 0.6) is 0 Å². The number of para-hydroxylation sites is 1. The van der Waals surface area contributed by atoms with Crippen LogP contribution in [0, 0.1) is 6.92 Å². The fourth-order valence-electron chi connectivity index (χ4n) is 3.07. The Kier molecular flexibility index (Phi) is 6.72. The van der Waals surface area contributed by atoms with Gasteiger partial charge in [0.1, 0.15) is 0 Å². The SMILES string of the molecule is COCCSCCCn1c(C)c(C(C)C)c(=O)c2ccccc21. The van der Waals surface area contributed by atoms with Crippen LogP contribution in [0.15, 0.2) is 29.1 Å². The standard InChI is InChI=1S/C19H27NO2S/c1-14(2)18-15(3)20(10-7-12-23-13-11-22-4)17-9-6-5-8-16(17)19(18)21/h5-6,8-9,14H,7,10-13H2,1-4H3. The van der Waals surface area contributed by atoms with Crippen LogP contribution in [-0.4, -0.2) is 29.8 Å². The number of thioether (sulfide) groups is 1. The Balaban J connectivity index is 2.29. The summed E-state index contributed by atoms with van der Waals surface area (Å²) < 4.78 is 7.40. The summed E-state index contributed by atoms with van der Waals surface area (Å²) in [6, 6.07) is 7.98. The molecule has 126 valence electrons. The van der Waals surface area contributed by atoms with Gasteiger partial charge in [-0.1, -0.05) is 26.0 Å². The summed E-state index contributed by atoms with van der Waals surface area (Å²) in [7, 11) is 1.74. The molecule has 0 fully saturated rings. The highest BCUT2D eigenvalue weighted by Gasteiger charge is 2.15. The fraction of sp³-hybridized carbons (Fsp3) is 0.526. The Morgan fingerprint density at radius 1 is 1.22 bits per heavy atom. The molecule has 1 aromatic carbocycles. The van der Waals surface area contributed by atoms with Crippen molar-refractivity contribution in [1.29, 1.82) is 0 Å². The van der Waals surface area contributed by atoms with E-state index in [9.17, 15) is 4.79 Å². The van der Waals surface area contributed by atoms with E-state index < -0.39 is 0 Å². The van der Waals surface area contributed by atoms with E-state index in [1.165, 1.54) is 0 Å². The highest BCUT2D eigenvalue weighted by Crippen LogP contribution is 2.22. The van der Waals surface area contributed by atoms with Crippen molar-refractivity contribution < 1.29 is 4.74 Å². The third-order valence-corrected chi connectivity index (χ3v) is 5.19. The molecule has 0 aliphatic carbocycles. The molecular weight excluding hydrogens is 306 g/mol. The Morgan fingerprint density at radius 2 is 1.96 bits per heavy atom. The molecule has 2 aromatic rings. The van der Waals surface area contributed by atoms with Gasteiger partial charge < -0.3 is 9.30 Å². The molecule has 23 heavy (non-hydrogen) atoms. The largest absolute Gasteiger partial charge is 0.384 e. The van der Waals surface area contributed by atoms with Crippen molar-refractivity contribution in [1.82, 2.24) is 4.57 Å². The molecule has 0 bridgehead atoms. The Hall–Kier alpha value is -1.26. The van der Waals surface area contributed by atoms with Crippen LogP contribution >= 0.6 is 11.8 Å². The van der Waals surface area contributed by atoms with Crippen molar-refractivity contribution in [2.75, 3.05) is 25.2 Å². The fourth-order valence-corrected chi connectivity index (χ4v) is 3.90. The first-order valence-corrected chi connectivity index (χ1v) is 9.42. The third kappa shape index (κ3) is 4.18. The first-order valence-electron chi connectivity index (χ1n) is 8.26. The summed E-state index contributed by atoms with van der Waals surface area (Å²) >= 11 is 1.92. The molecule has 0 radical (unpaired) electrons. The van der Waals surface area contributed by atoms with Gasteiger partial charge in [-0.25, -0.2) is 0 Å². The molecule has 3 nitrogen and oxygen atoms in total. The molecule has 1 aromatic heterocycles. The van der Waals surface area contributed by atoms with Gasteiger partial charge in [-0.3, -0.25) is 4.79 Å². The predicted octanol–water partition coefficient (Wildman–Crippen LogP) is 4.20. The predicted molar refractivity (Wildman–Crippen MR) is 101 cm³/mol. The zero-order valence-electron chi connectivity index (χ0n) is 14.6. The van der Waals surface area contributed by atoms with Gasteiger partial charge in [0, 0.05) is 36.1 Å². The van der Waals surface area contributed by atoms with E-state index in [4.69, 9.17) is 4.74 Å². The highest BCUT2D eigenvalue weighted by atomic mass is 32.2. The number of methoxy groups -OCH3 is 1. The molecule has 4 heteroatoms. The average Bonchev–Trinajstić information content (AvgIpc) is 2.53. The van der Waals surface area contributed by atoms with E-state index in [1.807, 2.05) is 30.0 Å². The number of ether oxygens (including phenoxy) is 1. The molecule has 0 atom stereocenters. The van der Waals surface area contributed by atoms with Crippen molar-refractivity contribution in [3.8, 4) is 0 Å². The zero-order chi connectivity index (χ0) is 16.8. The number of hydrogen-bond donors (Lipinski definition) is 0. The van der Waals surface area contributed by atoms with Crippen LogP contribution in [0.1, 0.15) is 37.4 Å². The van der Waals surface area contributed by atoms with Crippen molar-refractivity contribution in [3.63, 3.8) is 0 Å². The van der Waals surface area contributed by atoms with E-state index in [1.54, 1.807) is 7.11 Å². The van der Waals surface area contributed by atoms with Crippen LogP contribution in [0.4, 0.5) is 0 Å². The third-order valence-electron chi connectivity index (χ3n) is 4.16. The number of pyridine rings is 1. The summed E-state index contributed by atoms with van der Waals surface area (Å²) in [5, 5.41) is 0.842. The minimum Gasteiger partial charge on any atom is -0.384 e. The second kappa shape index (κ2) is 8.55. The lowest BCUT2D eigenvalue weighted by Crippen LogP contribution is -2.20. The molecule has 0 N–H and O–H groups in total. The normalized spacial score (nSPS) is 11.5. The lowest BCUT2D eigenvalue weighted by atomic mass is 9.98. The molecule has 2 rings (SSSR count). The second-order valence-corrected chi connectivity index (χ2v) is 7.34. The highest BCUT2D eigenvalue weighted by molar-refractivity contribution is 7.99. The maximum Gasteiger partial charge on any atom is 0.193 e. The van der Waals surface area contributed by atoms with E-state index in [-0.39, 0.29) is 11.3 Å². The van der Waals surface area contributed by atoms with Crippen molar-refractivity contribution in [2.24, 2.45) is 0 Å². The first kappa shape index (κ1) is 18.1. The molecule has 0 amide bonds. The quantitative estimate of drug-likeness (QED) is 0.678. The lowest BCUT2D eigenvalue weighted by Gasteiger charge is -2.20. The van der Waals surface area contributed by atoms with Gasteiger partial charge in [-0.2, -0.15) is 11.8 Å². The zero-order valence-corrected chi connectivity index (χ0v) is 15.4. The number of benzene rings is 1. The van der Waals surface area contributed by atoms with E-state index in [0.717, 1.165) is 53.2 Å². The van der Waals surface area contributed by atoms with Crippen LogP contribution < -0.4 is 5.43 Å². The number of hydrogen-bond acceptors (Lipinski definition) is 3. The van der Waals surface area contributed by atoms with E-state index in [0.29, 0.717) is 0 Å². The summed E-state index contributed by atoms with van der Waals surface area (Å²) in [5.41, 5.74) is 3.32. The van der Waals surface area contributed by atoms with Gasteiger partial charge in [-0.15, -0.1) is 0 Å². The van der Waals surface area contributed by atoms with Crippen LogP contribution in [0.25, 0.3) is 10.9 Å². The van der Waals surface area contributed by atoms with E-state index in [2.05, 4.69) is 31.4 Å². The summed E-state index contributed by atoms with van der Waals surface area (Å²) in [5.74, 6) is 2.40. The minimum absolute atomic E-state index is 0.193. The molecule has 0 aliphatic rings. The summed E-state index contributed by atoms with van der Waals surface area (Å²) in [4.78, 5) is 12.8. The smallest absolute Gasteiger partial charge is 0.193 e. The molecule has 0 spiro atoms. The molecule has 0 saturated heterocycles. The van der Waals surface area contributed by atoms with Gasteiger partial charge in [0.15, 0.2) is 5.43 Å². The maximum atomic E-state index is 12.8. The Labute approximate surface area is 143 Å². The number of aromatic nitrogens is 1. The number of rotatable bonds is 8. The molecular formula is C19H27NO2S. The van der Waals surface area contributed by atoms with Crippen LogP contribution in [0.2, 0.25) is 0 Å². The Bertz CT molecular complexity index is 706. The number of fused-ring (bicyclic) bond motifs is 1. The molecule has 0 saturated carbocycles. The van der Waals surface area contributed by atoms with E-state index >= 15 is 0 Å². The molecule has 0 unspecified atom stereocenters. The lowest BCUT2D eigenvalue weighted by molar-refractivity contribution is 0.218. The minimum atomic E-state index is 0.193. The van der Waals surface area contributed by atoms with Crippen molar-refractivity contribution in [2.45, 2.75) is 39.7 Å². The van der Waals surface area contributed by atoms with Crippen LogP contribution in [-0.2, 0) is 11.3 Å². The van der Waals surface area contributed by atoms with Gasteiger partial charge in [0.25, 0.3) is 0 Å². The van der Waals surface area contributed by atoms with Crippen molar-refractivity contribution in [3.05, 3.63) is 45.7 Å². The summed E-state index contributed by atoms with van der Waals surface area (Å²) in [6.45, 7) is 8.04. The van der Waals surface area contributed by atoms with Gasteiger partial charge >= 0.3 is 0 Å². The van der Waals surface area contributed by atoms with Crippen LogP contribution in [0.3, 0.4) is 0 Å². The topological polar surface area (TPSA) is 31.2 Å². The second-order valence-electron chi connectivity index (χ2n) is 6.11. The first-order chi connectivity index (χ1) is 11.1. The number of nitrogens with zero attached hydrogens (tertiary/aromatic N) is 1.